The zero-order chi connectivity index (χ0) is 14.0. The summed E-state index contributed by atoms with van der Waals surface area (Å²) in [6, 6.07) is 1.35. The van der Waals surface area contributed by atoms with Crippen LogP contribution in [0.1, 0.15) is 43.1 Å². The van der Waals surface area contributed by atoms with Crippen LogP contribution < -0.4 is 5.32 Å². The average Bonchev–Trinajstić information content (AvgIpc) is 2.79. The number of carbonyl (C=O) groups excluding carboxylic acids is 1. The number of rotatable bonds is 3. The van der Waals surface area contributed by atoms with Gasteiger partial charge in [0.05, 0.1) is 5.41 Å². The molecule has 1 amide bonds. The van der Waals surface area contributed by atoms with Crippen molar-refractivity contribution in [3.05, 3.63) is 22.4 Å². The van der Waals surface area contributed by atoms with E-state index in [1.807, 2.05) is 0 Å². The molecule has 1 aliphatic carbocycles. The molecule has 0 spiro atoms. The minimum Gasteiger partial charge on any atom is -0.481 e. The number of aromatic amines is 1. The van der Waals surface area contributed by atoms with Crippen LogP contribution >= 0.6 is 15.9 Å². The normalized spacial score (nSPS) is 26.9. The molecule has 1 saturated carbocycles. The minimum absolute atomic E-state index is 0.259. The van der Waals surface area contributed by atoms with Crippen LogP contribution in [0.15, 0.2) is 16.7 Å². The number of hydrogen-bond acceptors (Lipinski definition) is 2. The number of carboxylic acid groups (broad SMARTS) is 1. The lowest BCUT2D eigenvalue weighted by Crippen LogP contribution is -2.52. The highest BCUT2D eigenvalue weighted by molar-refractivity contribution is 9.10. The van der Waals surface area contributed by atoms with Crippen molar-refractivity contribution in [1.29, 1.82) is 0 Å². The first-order valence-electron chi connectivity index (χ1n) is 6.31. The SMILES string of the molecule is CC1(C(=O)O)CCCCC1NC(=O)c1cc(Br)c[nH]1. The molecular weight excluding hydrogens is 312 g/mol. The van der Waals surface area contributed by atoms with Crippen molar-refractivity contribution in [2.24, 2.45) is 5.41 Å². The van der Waals surface area contributed by atoms with Crippen molar-refractivity contribution in [1.82, 2.24) is 10.3 Å². The van der Waals surface area contributed by atoms with Gasteiger partial charge in [0.25, 0.3) is 5.91 Å². The smallest absolute Gasteiger partial charge is 0.311 e. The minimum atomic E-state index is -0.877. The maximum Gasteiger partial charge on any atom is 0.311 e. The molecule has 2 unspecified atom stereocenters. The van der Waals surface area contributed by atoms with Crippen LogP contribution in [0.25, 0.3) is 0 Å². The fourth-order valence-corrected chi connectivity index (χ4v) is 2.90. The molecule has 6 heteroatoms. The third-order valence-electron chi connectivity index (χ3n) is 3.89. The van der Waals surface area contributed by atoms with Crippen molar-refractivity contribution in [2.45, 2.75) is 38.6 Å². The molecule has 3 N–H and O–H groups in total. The van der Waals surface area contributed by atoms with Gasteiger partial charge in [0, 0.05) is 16.7 Å². The van der Waals surface area contributed by atoms with Crippen LogP contribution in [0.2, 0.25) is 0 Å². The predicted octanol–water partition coefficient (Wildman–Crippen LogP) is 2.54. The van der Waals surface area contributed by atoms with Crippen LogP contribution in [0.3, 0.4) is 0 Å². The second kappa shape index (κ2) is 5.36. The Morgan fingerprint density at radius 1 is 1.53 bits per heavy atom. The van der Waals surface area contributed by atoms with E-state index in [0.717, 1.165) is 17.3 Å². The van der Waals surface area contributed by atoms with Gasteiger partial charge in [0.1, 0.15) is 5.69 Å². The Morgan fingerprint density at radius 3 is 2.84 bits per heavy atom. The maximum atomic E-state index is 12.1. The Kier molecular flexibility index (Phi) is 3.99. The molecule has 5 nitrogen and oxygen atoms in total. The summed E-state index contributed by atoms with van der Waals surface area (Å²) in [5.41, 5.74) is -0.442. The summed E-state index contributed by atoms with van der Waals surface area (Å²) in [6.07, 6.45) is 4.82. The molecule has 1 fully saturated rings. The second-order valence-corrected chi connectivity index (χ2v) is 6.14. The predicted molar refractivity (Wildman–Crippen MR) is 74.0 cm³/mol. The molecule has 19 heavy (non-hydrogen) atoms. The Hall–Kier alpha value is -1.30. The van der Waals surface area contributed by atoms with Gasteiger partial charge in [-0.3, -0.25) is 9.59 Å². The summed E-state index contributed by atoms with van der Waals surface area (Å²) >= 11 is 3.27. The van der Waals surface area contributed by atoms with Crippen molar-refractivity contribution >= 4 is 27.8 Å². The number of halogens is 1. The van der Waals surface area contributed by atoms with E-state index in [-0.39, 0.29) is 11.9 Å². The molecule has 1 heterocycles. The van der Waals surface area contributed by atoms with Gasteiger partial charge < -0.3 is 15.4 Å². The standard InChI is InChI=1S/C13H17BrN2O3/c1-13(12(18)19)5-3-2-4-10(13)16-11(17)9-6-8(14)7-15-9/h6-7,10,15H,2-5H2,1H3,(H,16,17)(H,18,19). The van der Waals surface area contributed by atoms with Crippen LogP contribution in [-0.2, 0) is 4.79 Å². The van der Waals surface area contributed by atoms with Gasteiger partial charge in [-0.2, -0.15) is 0 Å². The third kappa shape index (κ3) is 2.83. The van der Waals surface area contributed by atoms with E-state index in [1.54, 1.807) is 19.2 Å². The molecule has 0 saturated heterocycles. The summed E-state index contributed by atoms with van der Waals surface area (Å²) in [5, 5.41) is 12.2. The van der Waals surface area contributed by atoms with E-state index in [0.29, 0.717) is 18.5 Å². The summed E-state index contributed by atoms with van der Waals surface area (Å²) in [5.74, 6) is -1.10. The summed E-state index contributed by atoms with van der Waals surface area (Å²) in [7, 11) is 0. The lowest BCUT2D eigenvalue weighted by atomic mass is 9.71. The van der Waals surface area contributed by atoms with Crippen LogP contribution in [-0.4, -0.2) is 28.0 Å². The molecule has 1 aliphatic rings. The molecule has 0 radical (unpaired) electrons. The molecule has 2 rings (SSSR count). The van der Waals surface area contributed by atoms with E-state index in [1.165, 1.54) is 0 Å². The first-order valence-corrected chi connectivity index (χ1v) is 7.11. The highest BCUT2D eigenvalue weighted by atomic mass is 79.9. The van der Waals surface area contributed by atoms with Crippen molar-refractivity contribution < 1.29 is 14.7 Å². The molecule has 2 atom stereocenters. The quantitative estimate of drug-likeness (QED) is 0.797. The Balaban J connectivity index is 2.12. The number of carboxylic acids is 1. The van der Waals surface area contributed by atoms with E-state index in [9.17, 15) is 14.7 Å². The number of carbonyl (C=O) groups is 2. The highest BCUT2D eigenvalue weighted by Gasteiger charge is 2.43. The van der Waals surface area contributed by atoms with Gasteiger partial charge in [0.2, 0.25) is 0 Å². The fraction of sp³-hybridized carbons (Fsp3) is 0.538. The highest BCUT2D eigenvalue weighted by Crippen LogP contribution is 2.36. The summed E-state index contributed by atoms with van der Waals surface area (Å²) < 4.78 is 0.794. The van der Waals surface area contributed by atoms with Crippen molar-refractivity contribution in [2.75, 3.05) is 0 Å². The van der Waals surface area contributed by atoms with Gasteiger partial charge in [0.15, 0.2) is 0 Å². The summed E-state index contributed by atoms with van der Waals surface area (Å²) in [6.45, 7) is 1.71. The molecule has 0 bridgehead atoms. The van der Waals surface area contributed by atoms with Gasteiger partial charge in [-0.05, 0) is 41.8 Å². The van der Waals surface area contributed by atoms with E-state index in [4.69, 9.17) is 0 Å². The number of H-pyrrole nitrogens is 1. The second-order valence-electron chi connectivity index (χ2n) is 5.23. The van der Waals surface area contributed by atoms with Crippen LogP contribution in [0, 0.1) is 5.41 Å². The van der Waals surface area contributed by atoms with Gasteiger partial charge >= 0.3 is 5.97 Å². The Labute approximate surface area is 119 Å². The molecule has 0 aromatic carbocycles. The zero-order valence-electron chi connectivity index (χ0n) is 10.7. The fourth-order valence-electron chi connectivity index (χ4n) is 2.56. The molecular formula is C13H17BrN2O3. The van der Waals surface area contributed by atoms with Gasteiger partial charge in [-0.1, -0.05) is 12.8 Å². The monoisotopic (exact) mass is 328 g/mol. The zero-order valence-corrected chi connectivity index (χ0v) is 12.3. The molecule has 1 aromatic rings. The maximum absolute atomic E-state index is 12.1. The van der Waals surface area contributed by atoms with Crippen molar-refractivity contribution in [3.63, 3.8) is 0 Å². The van der Waals surface area contributed by atoms with Gasteiger partial charge in [-0.15, -0.1) is 0 Å². The van der Waals surface area contributed by atoms with E-state index >= 15 is 0 Å². The van der Waals surface area contributed by atoms with Gasteiger partial charge in [-0.25, -0.2) is 0 Å². The Morgan fingerprint density at radius 2 is 2.26 bits per heavy atom. The first kappa shape index (κ1) is 14.1. The number of hydrogen-bond donors (Lipinski definition) is 3. The van der Waals surface area contributed by atoms with E-state index < -0.39 is 11.4 Å². The van der Waals surface area contributed by atoms with Crippen LogP contribution in [0.5, 0.6) is 0 Å². The third-order valence-corrected chi connectivity index (χ3v) is 4.35. The molecule has 1 aromatic heterocycles. The molecule has 104 valence electrons. The van der Waals surface area contributed by atoms with E-state index in [2.05, 4.69) is 26.2 Å². The largest absolute Gasteiger partial charge is 0.481 e. The lowest BCUT2D eigenvalue weighted by molar-refractivity contribution is -0.151. The topological polar surface area (TPSA) is 82.2 Å². The van der Waals surface area contributed by atoms with Crippen LogP contribution in [0.4, 0.5) is 0 Å². The average molecular weight is 329 g/mol. The first-order chi connectivity index (χ1) is 8.93. The summed E-state index contributed by atoms with van der Waals surface area (Å²) in [4.78, 5) is 26.4. The lowest BCUT2D eigenvalue weighted by Gasteiger charge is -2.38. The molecule has 0 aliphatic heterocycles. The number of aromatic nitrogens is 1. The number of amides is 1. The number of aliphatic carboxylic acids is 1. The Bertz CT molecular complexity index is 500. The van der Waals surface area contributed by atoms with Crippen molar-refractivity contribution in [3.8, 4) is 0 Å². The number of nitrogens with one attached hydrogen (secondary N) is 2.